The molecule has 0 radical (unpaired) electrons. The van der Waals surface area contributed by atoms with Crippen molar-refractivity contribution in [1.82, 2.24) is 19.2 Å². The van der Waals surface area contributed by atoms with Crippen LogP contribution in [0, 0.1) is 0 Å². The fourth-order valence-corrected chi connectivity index (χ4v) is 3.52. The topological polar surface area (TPSA) is 43.1 Å². The van der Waals surface area contributed by atoms with Crippen LogP contribution in [-0.4, -0.2) is 38.2 Å². The molecule has 0 saturated carbocycles. The summed E-state index contributed by atoms with van der Waals surface area (Å²) in [5, 5.41) is 4.95. The van der Waals surface area contributed by atoms with Crippen LogP contribution in [0.15, 0.2) is 61.2 Å². The molecule has 25 heavy (non-hydrogen) atoms. The van der Waals surface area contributed by atoms with Gasteiger partial charge in [0.2, 0.25) is 0 Å². The number of piperidine rings is 1. The molecule has 4 rings (SSSR count). The van der Waals surface area contributed by atoms with Gasteiger partial charge in [-0.2, -0.15) is 5.10 Å². The number of nitrogens with zero attached hydrogens (tertiary/aromatic N) is 4. The molecule has 1 aliphatic rings. The molecule has 3 heterocycles. The Bertz CT molecular complexity index is 863. The van der Waals surface area contributed by atoms with E-state index in [2.05, 4.69) is 22.1 Å². The van der Waals surface area contributed by atoms with Crippen LogP contribution in [0.5, 0.6) is 0 Å². The van der Waals surface area contributed by atoms with Crippen LogP contribution in [0.4, 0.5) is 0 Å². The lowest BCUT2D eigenvalue weighted by molar-refractivity contribution is 0.0694. The van der Waals surface area contributed by atoms with E-state index in [1.165, 1.54) is 0 Å². The normalized spacial score (nSPS) is 15.5. The summed E-state index contributed by atoms with van der Waals surface area (Å²) in [6, 6.07) is 12.0. The van der Waals surface area contributed by atoms with E-state index in [0.717, 1.165) is 31.6 Å². The van der Waals surface area contributed by atoms with Crippen molar-refractivity contribution in [3.63, 3.8) is 0 Å². The number of hydrogen-bond acceptors (Lipinski definition) is 2. The van der Waals surface area contributed by atoms with Gasteiger partial charge in [-0.05, 0) is 43.2 Å². The highest BCUT2D eigenvalue weighted by Gasteiger charge is 2.25. The Morgan fingerprint density at radius 1 is 1.12 bits per heavy atom. The van der Waals surface area contributed by atoms with E-state index in [1.807, 2.05) is 41.3 Å². The van der Waals surface area contributed by atoms with E-state index in [4.69, 9.17) is 11.6 Å². The molecule has 0 atom stereocenters. The van der Waals surface area contributed by atoms with Gasteiger partial charge in [0.15, 0.2) is 0 Å². The van der Waals surface area contributed by atoms with Crippen LogP contribution < -0.4 is 0 Å². The van der Waals surface area contributed by atoms with Crippen LogP contribution in [0.25, 0.3) is 5.69 Å². The number of hydrogen-bond donors (Lipinski definition) is 0. The molecule has 1 aromatic carbocycles. The van der Waals surface area contributed by atoms with Gasteiger partial charge in [0.1, 0.15) is 0 Å². The van der Waals surface area contributed by atoms with Gasteiger partial charge >= 0.3 is 0 Å². The molecule has 128 valence electrons. The molecule has 1 amide bonds. The monoisotopic (exact) mass is 354 g/mol. The minimum Gasteiger partial charge on any atom is -0.351 e. The third-order valence-electron chi connectivity index (χ3n) is 4.70. The predicted octanol–water partition coefficient (Wildman–Crippen LogP) is 3.80. The SMILES string of the molecule is O=C(c1cnn(-c2cccc(Cl)c2)c1)N1CCC(n2cccc2)CC1. The summed E-state index contributed by atoms with van der Waals surface area (Å²) >= 11 is 6.02. The van der Waals surface area contributed by atoms with Crippen molar-refractivity contribution in [2.75, 3.05) is 13.1 Å². The second kappa shape index (κ2) is 6.76. The second-order valence-electron chi connectivity index (χ2n) is 6.31. The Morgan fingerprint density at radius 2 is 1.88 bits per heavy atom. The van der Waals surface area contributed by atoms with Crippen LogP contribution in [0.2, 0.25) is 5.02 Å². The standard InChI is InChI=1S/C19H19ClN4O/c20-16-4-3-5-18(12-16)24-14-15(13-21-24)19(25)23-10-6-17(7-11-23)22-8-1-2-9-22/h1-5,8-9,12-14,17H,6-7,10-11H2. The maximum absolute atomic E-state index is 12.7. The van der Waals surface area contributed by atoms with Crippen LogP contribution >= 0.6 is 11.6 Å². The molecule has 3 aromatic rings. The largest absolute Gasteiger partial charge is 0.351 e. The molecule has 0 aliphatic carbocycles. The lowest BCUT2D eigenvalue weighted by Crippen LogP contribution is -2.38. The van der Waals surface area contributed by atoms with E-state index < -0.39 is 0 Å². The van der Waals surface area contributed by atoms with Gasteiger partial charge in [0.05, 0.1) is 17.4 Å². The highest BCUT2D eigenvalue weighted by molar-refractivity contribution is 6.30. The van der Waals surface area contributed by atoms with E-state index in [0.29, 0.717) is 16.6 Å². The number of rotatable bonds is 3. The summed E-state index contributed by atoms with van der Waals surface area (Å²) in [4.78, 5) is 14.7. The minimum atomic E-state index is 0.0410. The van der Waals surface area contributed by atoms with Gasteiger partial charge < -0.3 is 9.47 Å². The molecule has 0 bridgehead atoms. The average molecular weight is 355 g/mol. The summed E-state index contributed by atoms with van der Waals surface area (Å²) in [5.74, 6) is 0.0410. The first-order valence-corrected chi connectivity index (χ1v) is 8.81. The number of halogens is 1. The molecule has 1 fully saturated rings. The highest BCUT2D eigenvalue weighted by Crippen LogP contribution is 2.24. The third kappa shape index (κ3) is 3.33. The molecular weight excluding hydrogens is 336 g/mol. The molecule has 0 N–H and O–H groups in total. The summed E-state index contributed by atoms with van der Waals surface area (Å²) in [6.07, 6.45) is 9.54. The first-order chi connectivity index (χ1) is 12.2. The van der Waals surface area contributed by atoms with Crippen LogP contribution in [-0.2, 0) is 0 Å². The average Bonchev–Trinajstić information content (AvgIpc) is 3.33. The smallest absolute Gasteiger partial charge is 0.257 e. The minimum absolute atomic E-state index is 0.0410. The fourth-order valence-electron chi connectivity index (χ4n) is 3.33. The Balaban J connectivity index is 1.44. The Kier molecular flexibility index (Phi) is 4.32. The Labute approximate surface area is 151 Å². The van der Waals surface area contributed by atoms with Crippen LogP contribution in [0.3, 0.4) is 0 Å². The van der Waals surface area contributed by atoms with E-state index in [1.54, 1.807) is 17.1 Å². The molecule has 0 spiro atoms. The summed E-state index contributed by atoms with van der Waals surface area (Å²) in [7, 11) is 0. The van der Waals surface area contributed by atoms with Gasteiger partial charge in [0, 0.05) is 42.7 Å². The highest BCUT2D eigenvalue weighted by atomic mass is 35.5. The van der Waals surface area contributed by atoms with Crippen molar-refractivity contribution in [2.45, 2.75) is 18.9 Å². The zero-order chi connectivity index (χ0) is 17.2. The van der Waals surface area contributed by atoms with E-state index >= 15 is 0 Å². The third-order valence-corrected chi connectivity index (χ3v) is 4.94. The van der Waals surface area contributed by atoms with Gasteiger partial charge in [-0.15, -0.1) is 0 Å². The first kappa shape index (κ1) is 16.0. The van der Waals surface area contributed by atoms with Gasteiger partial charge in [-0.3, -0.25) is 4.79 Å². The van der Waals surface area contributed by atoms with E-state index in [9.17, 15) is 4.79 Å². The van der Waals surface area contributed by atoms with E-state index in [-0.39, 0.29) is 5.91 Å². The lowest BCUT2D eigenvalue weighted by atomic mass is 10.0. The molecule has 0 unspecified atom stereocenters. The van der Waals surface area contributed by atoms with Gasteiger partial charge in [0.25, 0.3) is 5.91 Å². The zero-order valence-corrected chi connectivity index (χ0v) is 14.5. The van der Waals surface area contributed by atoms with Crippen molar-refractivity contribution in [2.24, 2.45) is 0 Å². The lowest BCUT2D eigenvalue weighted by Gasteiger charge is -2.32. The fraction of sp³-hybridized carbons (Fsp3) is 0.263. The zero-order valence-electron chi connectivity index (χ0n) is 13.8. The van der Waals surface area contributed by atoms with Crippen molar-refractivity contribution in [3.05, 3.63) is 71.8 Å². The van der Waals surface area contributed by atoms with Crippen molar-refractivity contribution in [1.29, 1.82) is 0 Å². The van der Waals surface area contributed by atoms with Crippen molar-refractivity contribution in [3.8, 4) is 5.69 Å². The van der Waals surface area contributed by atoms with Crippen molar-refractivity contribution < 1.29 is 4.79 Å². The molecule has 1 aliphatic heterocycles. The maximum Gasteiger partial charge on any atom is 0.257 e. The number of likely N-dealkylation sites (tertiary alicyclic amines) is 1. The molecule has 6 heteroatoms. The first-order valence-electron chi connectivity index (χ1n) is 8.43. The molecule has 1 saturated heterocycles. The number of carbonyl (C=O) groups is 1. The Morgan fingerprint density at radius 3 is 2.60 bits per heavy atom. The summed E-state index contributed by atoms with van der Waals surface area (Å²) in [5.41, 5.74) is 1.46. The maximum atomic E-state index is 12.7. The number of amides is 1. The molecule has 2 aromatic heterocycles. The predicted molar refractivity (Wildman–Crippen MR) is 97.2 cm³/mol. The molecular formula is C19H19ClN4O. The number of benzene rings is 1. The van der Waals surface area contributed by atoms with Gasteiger partial charge in [-0.25, -0.2) is 4.68 Å². The number of carbonyl (C=O) groups excluding carboxylic acids is 1. The van der Waals surface area contributed by atoms with Gasteiger partial charge in [-0.1, -0.05) is 17.7 Å². The Hall–Kier alpha value is -2.53. The van der Waals surface area contributed by atoms with Crippen LogP contribution in [0.1, 0.15) is 29.2 Å². The summed E-state index contributed by atoms with van der Waals surface area (Å²) < 4.78 is 3.92. The second-order valence-corrected chi connectivity index (χ2v) is 6.74. The summed E-state index contributed by atoms with van der Waals surface area (Å²) in [6.45, 7) is 1.54. The molecule has 5 nitrogen and oxygen atoms in total. The number of aromatic nitrogens is 3. The quantitative estimate of drug-likeness (QED) is 0.718. The van der Waals surface area contributed by atoms with Crippen molar-refractivity contribution >= 4 is 17.5 Å².